The summed E-state index contributed by atoms with van der Waals surface area (Å²) < 4.78 is 2.59. The van der Waals surface area contributed by atoms with Crippen molar-refractivity contribution in [2.75, 3.05) is 4.90 Å². The molecule has 0 unspecified atom stereocenters. The molecule has 0 saturated carbocycles. The Kier molecular flexibility index (Phi) is 5.72. The molecule has 0 spiro atoms. The monoisotopic (exact) mass is 613 g/mol. The molecular weight excluding hydrogens is 581 g/mol. The molecule has 2 aliphatic rings. The van der Waals surface area contributed by atoms with Gasteiger partial charge in [-0.05, 0) is 108 Å². The zero-order valence-corrected chi connectivity index (χ0v) is 27.2. The molecule has 8 aromatic rings. The van der Waals surface area contributed by atoms with Gasteiger partial charge >= 0.3 is 6.85 Å². The summed E-state index contributed by atoms with van der Waals surface area (Å²) >= 11 is 0. The third-order valence-corrected chi connectivity index (χ3v) is 10.5. The summed E-state index contributed by atoms with van der Waals surface area (Å²) in [4.78, 5) is 7.67. The maximum absolute atomic E-state index is 5.23. The zero-order chi connectivity index (χ0) is 32.1. The lowest BCUT2D eigenvalue weighted by atomic mass is 9.45. The number of hydrogen-bond donors (Lipinski definition) is 0. The smallest absolute Gasteiger partial charge is 0.333 e. The first-order valence-corrected chi connectivity index (χ1v) is 16.8. The van der Waals surface area contributed by atoms with Gasteiger partial charge in [0.15, 0.2) is 0 Å². The SMILES string of the molecule is Cc1cc(C)c(-c2ccc3c(c2)c2ccnc4c2n3B2c3ccccc3N(c3ccccc3)c3ccc(-c5ccccc5)c-4c32)c(C)c1. The number of aryl methyl sites for hydroxylation is 3. The molecule has 226 valence electrons. The number of anilines is 3. The first kappa shape index (κ1) is 27.3. The molecule has 0 atom stereocenters. The molecular formula is C44H32BN3. The van der Waals surface area contributed by atoms with E-state index in [9.17, 15) is 0 Å². The topological polar surface area (TPSA) is 21.1 Å². The summed E-state index contributed by atoms with van der Waals surface area (Å²) in [5.41, 5.74) is 19.8. The van der Waals surface area contributed by atoms with E-state index in [1.165, 1.54) is 88.6 Å². The first-order chi connectivity index (χ1) is 23.6. The Morgan fingerprint density at radius 3 is 2.10 bits per heavy atom. The van der Waals surface area contributed by atoms with Crippen LogP contribution < -0.4 is 15.8 Å². The quantitative estimate of drug-likeness (QED) is 0.185. The highest BCUT2D eigenvalue weighted by Crippen LogP contribution is 2.47. The normalized spacial score (nSPS) is 12.8. The van der Waals surface area contributed by atoms with E-state index in [2.05, 4.69) is 164 Å². The summed E-state index contributed by atoms with van der Waals surface area (Å²) in [6.07, 6.45) is 2.01. The molecule has 0 saturated heterocycles. The van der Waals surface area contributed by atoms with Crippen molar-refractivity contribution in [2.24, 2.45) is 0 Å². The second-order valence-electron chi connectivity index (χ2n) is 13.4. The minimum atomic E-state index is -0.0137. The molecule has 2 aliphatic heterocycles. The molecule has 0 fully saturated rings. The Labute approximate surface area is 280 Å². The van der Waals surface area contributed by atoms with Crippen LogP contribution in [0.4, 0.5) is 17.1 Å². The predicted octanol–water partition coefficient (Wildman–Crippen LogP) is 9.87. The molecule has 4 heterocycles. The number of pyridine rings is 1. The van der Waals surface area contributed by atoms with Gasteiger partial charge in [0.2, 0.25) is 0 Å². The Morgan fingerprint density at radius 1 is 0.583 bits per heavy atom. The second kappa shape index (κ2) is 10.1. The fraction of sp³-hybridized carbons (Fsp3) is 0.0682. The average molecular weight is 614 g/mol. The summed E-state index contributed by atoms with van der Waals surface area (Å²) in [5, 5.41) is 2.52. The number of benzene rings is 6. The van der Waals surface area contributed by atoms with Crippen LogP contribution in [0.25, 0.3) is 55.3 Å². The lowest BCUT2D eigenvalue weighted by Gasteiger charge is -2.40. The van der Waals surface area contributed by atoms with Crippen molar-refractivity contribution in [1.29, 1.82) is 0 Å². The van der Waals surface area contributed by atoms with Crippen LogP contribution in [0.5, 0.6) is 0 Å². The van der Waals surface area contributed by atoms with Gasteiger partial charge in [0, 0.05) is 45.1 Å². The van der Waals surface area contributed by atoms with Gasteiger partial charge in [-0.3, -0.25) is 4.98 Å². The lowest BCUT2D eigenvalue weighted by molar-refractivity contribution is 1.23. The van der Waals surface area contributed by atoms with Gasteiger partial charge in [0.05, 0.1) is 11.2 Å². The van der Waals surface area contributed by atoms with Crippen molar-refractivity contribution in [3.63, 3.8) is 0 Å². The van der Waals surface area contributed by atoms with Crippen molar-refractivity contribution in [2.45, 2.75) is 20.8 Å². The van der Waals surface area contributed by atoms with Gasteiger partial charge in [0.1, 0.15) is 0 Å². The molecule has 0 bridgehead atoms. The van der Waals surface area contributed by atoms with Crippen molar-refractivity contribution in [3.8, 4) is 33.5 Å². The van der Waals surface area contributed by atoms with E-state index < -0.39 is 0 Å². The average Bonchev–Trinajstić information content (AvgIpc) is 3.44. The first-order valence-electron chi connectivity index (χ1n) is 16.8. The van der Waals surface area contributed by atoms with Crippen LogP contribution in [0.1, 0.15) is 16.7 Å². The number of hydrogen-bond acceptors (Lipinski definition) is 2. The van der Waals surface area contributed by atoms with Crippen LogP contribution >= 0.6 is 0 Å². The molecule has 2 aromatic heterocycles. The third kappa shape index (κ3) is 3.69. The Bertz CT molecular complexity index is 2580. The molecule has 0 aliphatic carbocycles. The molecule has 0 N–H and O–H groups in total. The van der Waals surface area contributed by atoms with E-state index in [0.29, 0.717) is 0 Å². The van der Waals surface area contributed by atoms with E-state index in [0.717, 1.165) is 11.4 Å². The summed E-state index contributed by atoms with van der Waals surface area (Å²) in [7, 11) is 0. The van der Waals surface area contributed by atoms with E-state index in [1.807, 2.05) is 6.20 Å². The standard InChI is InChI=1S/C44H32BN3/c1-27-24-28(2)40(29(3)25-27)31-18-20-37-35(26-31)34-22-23-46-43-41-33(30-12-6-4-7-13-30)19-21-39-42(41)45(48(37)44(34)43)36-16-10-11-17-38(36)47(39)32-14-8-5-9-15-32/h4-26H,1-3H3. The zero-order valence-electron chi connectivity index (χ0n) is 27.2. The third-order valence-electron chi connectivity index (χ3n) is 10.5. The molecule has 0 amide bonds. The predicted molar refractivity (Wildman–Crippen MR) is 203 cm³/mol. The van der Waals surface area contributed by atoms with Gasteiger partial charge in [-0.25, -0.2) is 0 Å². The molecule has 0 radical (unpaired) electrons. The van der Waals surface area contributed by atoms with Crippen molar-refractivity contribution in [3.05, 3.63) is 156 Å². The number of aromatic nitrogens is 2. The summed E-state index contributed by atoms with van der Waals surface area (Å²) in [6, 6.07) is 49.1. The maximum Gasteiger partial charge on any atom is 0.333 e. The fourth-order valence-corrected chi connectivity index (χ4v) is 8.76. The maximum atomic E-state index is 5.23. The van der Waals surface area contributed by atoms with Gasteiger partial charge in [-0.15, -0.1) is 0 Å². The lowest BCUT2D eigenvalue weighted by Crippen LogP contribution is -2.56. The molecule has 10 rings (SSSR count). The number of rotatable bonds is 3. The molecule has 48 heavy (non-hydrogen) atoms. The van der Waals surface area contributed by atoms with E-state index in [-0.39, 0.29) is 6.85 Å². The van der Waals surface area contributed by atoms with Crippen LogP contribution in [0, 0.1) is 20.8 Å². The second-order valence-corrected chi connectivity index (χ2v) is 13.4. The van der Waals surface area contributed by atoms with Crippen LogP contribution in [0.3, 0.4) is 0 Å². The summed E-state index contributed by atoms with van der Waals surface area (Å²) in [6.45, 7) is 6.64. The Hall–Kier alpha value is -5.87. The molecule has 4 heteroatoms. The van der Waals surface area contributed by atoms with Gasteiger partial charge in [-0.2, -0.15) is 0 Å². The van der Waals surface area contributed by atoms with Crippen molar-refractivity contribution in [1.82, 2.24) is 9.46 Å². The van der Waals surface area contributed by atoms with Crippen molar-refractivity contribution < 1.29 is 0 Å². The highest BCUT2D eigenvalue weighted by atomic mass is 15.2. The Morgan fingerprint density at radius 2 is 1.31 bits per heavy atom. The minimum Gasteiger partial charge on any atom is -0.374 e. The van der Waals surface area contributed by atoms with E-state index in [1.54, 1.807) is 0 Å². The van der Waals surface area contributed by atoms with Crippen LogP contribution in [-0.4, -0.2) is 16.3 Å². The Balaban J connectivity index is 1.35. The number of fused-ring (bicyclic) bond motifs is 7. The summed E-state index contributed by atoms with van der Waals surface area (Å²) in [5.74, 6) is 0. The largest absolute Gasteiger partial charge is 0.374 e. The highest BCUT2D eigenvalue weighted by Gasteiger charge is 2.43. The molecule has 6 aromatic carbocycles. The van der Waals surface area contributed by atoms with Crippen LogP contribution in [0.2, 0.25) is 0 Å². The number of para-hydroxylation sites is 2. The van der Waals surface area contributed by atoms with Gasteiger partial charge < -0.3 is 9.38 Å². The van der Waals surface area contributed by atoms with Gasteiger partial charge in [0.25, 0.3) is 0 Å². The fourth-order valence-electron chi connectivity index (χ4n) is 8.76. The van der Waals surface area contributed by atoms with Gasteiger partial charge in [-0.1, -0.05) is 96.6 Å². The highest BCUT2D eigenvalue weighted by molar-refractivity contribution is 6.90. The van der Waals surface area contributed by atoms with E-state index in [4.69, 9.17) is 4.98 Å². The number of nitrogens with zero attached hydrogens (tertiary/aromatic N) is 3. The minimum absolute atomic E-state index is 0.0137. The van der Waals surface area contributed by atoms with E-state index >= 15 is 0 Å². The van der Waals surface area contributed by atoms with Crippen LogP contribution in [-0.2, 0) is 0 Å². The van der Waals surface area contributed by atoms with Crippen LogP contribution in [0.15, 0.2) is 140 Å². The molecule has 3 nitrogen and oxygen atoms in total. The van der Waals surface area contributed by atoms with Crippen molar-refractivity contribution >= 4 is 56.6 Å².